The average Bonchev–Trinajstić information content (AvgIpc) is 2.63. The molecule has 0 heterocycles. The Bertz CT molecular complexity index is 773. The first kappa shape index (κ1) is 26.6. The second kappa shape index (κ2) is 10.8. The molecule has 0 aliphatic rings. The zero-order chi connectivity index (χ0) is 24.1. The van der Waals surface area contributed by atoms with Gasteiger partial charge in [0, 0.05) is 6.07 Å². The van der Waals surface area contributed by atoms with Crippen LogP contribution in [0.4, 0.5) is 17.6 Å². The molecule has 0 aromatic heterocycles. The normalized spacial score (nSPS) is 14.7. The van der Waals surface area contributed by atoms with Gasteiger partial charge in [-0.2, -0.15) is 8.78 Å². The largest absolute Gasteiger partial charge is 0.485 e. The highest BCUT2D eigenvalue weighted by Crippen LogP contribution is 2.26. The molecule has 11 heteroatoms. The van der Waals surface area contributed by atoms with Gasteiger partial charge in [-0.05, 0) is 26.7 Å². The number of aliphatic hydroxyl groups excluding tert-OH is 1. The van der Waals surface area contributed by atoms with Crippen LogP contribution in [0.25, 0.3) is 0 Å². The van der Waals surface area contributed by atoms with Crippen LogP contribution in [-0.4, -0.2) is 47.4 Å². The number of ether oxygens (including phenoxy) is 2. The molecule has 0 radical (unpaired) electrons. The summed E-state index contributed by atoms with van der Waals surface area (Å²) in [6, 6.07) is -2.29. The molecular formula is C20H28F4N2O5. The molecule has 31 heavy (non-hydrogen) atoms. The summed E-state index contributed by atoms with van der Waals surface area (Å²) in [6.07, 6.45) is -2.23. The van der Waals surface area contributed by atoms with E-state index in [4.69, 9.17) is 15.2 Å². The molecule has 0 spiro atoms. The van der Waals surface area contributed by atoms with Crippen LogP contribution in [0, 0.1) is 29.2 Å². The van der Waals surface area contributed by atoms with Gasteiger partial charge in [0.15, 0.2) is 17.4 Å². The minimum absolute atomic E-state index is 0.00674. The van der Waals surface area contributed by atoms with Crippen LogP contribution in [-0.2, 0) is 14.3 Å². The number of aliphatic hydroxyl groups is 1. The van der Waals surface area contributed by atoms with Gasteiger partial charge in [0.1, 0.15) is 18.3 Å². The Labute approximate surface area is 177 Å². The SMILES string of the molecule is CC(C)[C@H](N)C(=O)NC(CC(=O)OC(C)(C)C)C(O)COc1c(F)c(F)cc(F)c1F. The summed E-state index contributed by atoms with van der Waals surface area (Å²) in [5, 5.41) is 12.8. The van der Waals surface area contributed by atoms with E-state index >= 15 is 0 Å². The number of esters is 1. The van der Waals surface area contributed by atoms with Crippen molar-refractivity contribution in [3.8, 4) is 5.75 Å². The number of carbonyl (C=O) groups excluding carboxylic acids is 2. The van der Waals surface area contributed by atoms with E-state index in [2.05, 4.69) is 5.32 Å². The number of nitrogens with two attached hydrogens (primary N) is 1. The summed E-state index contributed by atoms with van der Waals surface area (Å²) < 4.78 is 64.0. The summed E-state index contributed by atoms with van der Waals surface area (Å²) in [5.41, 5.74) is 4.90. The third kappa shape index (κ3) is 7.98. The van der Waals surface area contributed by atoms with E-state index < -0.39 is 77.7 Å². The lowest BCUT2D eigenvalue weighted by molar-refractivity contribution is -0.156. The lowest BCUT2D eigenvalue weighted by Crippen LogP contribution is -2.53. The van der Waals surface area contributed by atoms with Crippen molar-refractivity contribution in [2.24, 2.45) is 11.7 Å². The van der Waals surface area contributed by atoms with Gasteiger partial charge in [-0.3, -0.25) is 9.59 Å². The molecule has 176 valence electrons. The maximum atomic E-state index is 13.7. The Hall–Kier alpha value is -2.40. The molecular weight excluding hydrogens is 424 g/mol. The van der Waals surface area contributed by atoms with Gasteiger partial charge in [0.2, 0.25) is 17.5 Å². The third-order valence-electron chi connectivity index (χ3n) is 4.09. The monoisotopic (exact) mass is 452 g/mol. The predicted octanol–water partition coefficient (Wildman–Crippen LogP) is 2.18. The number of carbonyl (C=O) groups is 2. The molecule has 2 unspecified atom stereocenters. The van der Waals surface area contributed by atoms with Gasteiger partial charge in [-0.25, -0.2) is 8.78 Å². The molecule has 1 aromatic carbocycles. The molecule has 0 aliphatic heterocycles. The molecule has 3 atom stereocenters. The lowest BCUT2D eigenvalue weighted by atomic mass is 10.0. The lowest BCUT2D eigenvalue weighted by Gasteiger charge is -2.27. The van der Waals surface area contributed by atoms with Crippen LogP contribution in [0.15, 0.2) is 6.07 Å². The fourth-order valence-electron chi connectivity index (χ4n) is 2.39. The topological polar surface area (TPSA) is 111 Å². The zero-order valence-electron chi connectivity index (χ0n) is 18.0. The van der Waals surface area contributed by atoms with E-state index in [0.717, 1.165) is 0 Å². The number of nitrogens with one attached hydrogen (secondary N) is 1. The number of amides is 1. The highest BCUT2D eigenvalue weighted by atomic mass is 19.2. The molecule has 0 saturated heterocycles. The smallest absolute Gasteiger partial charge is 0.308 e. The quantitative estimate of drug-likeness (QED) is 0.301. The van der Waals surface area contributed by atoms with Gasteiger partial charge in [-0.15, -0.1) is 0 Å². The Kier molecular flexibility index (Phi) is 9.25. The van der Waals surface area contributed by atoms with E-state index in [0.29, 0.717) is 0 Å². The number of halogens is 4. The highest BCUT2D eigenvalue weighted by Gasteiger charge is 2.31. The van der Waals surface area contributed by atoms with E-state index in [-0.39, 0.29) is 12.0 Å². The molecule has 0 bridgehead atoms. The average molecular weight is 452 g/mol. The summed E-state index contributed by atoms with van der Waals surface area (Å²) >= 11 is 0. The van der Waals surface area contributed by atoms with Crippen molar-refractivity contribution >= 4 is 11.9 Å². The van der Waals surface area contributed by atoms with Crippen molar-refractivity contribution in [3.63, 3.8) is 0 Å². The number of rotatable bonds is 9. The summed E-state index contributed by atoms with van der Waals surface area (Å²) in [4.78, 5) is 24.4. The maximum absolute atomic E-state index is 13.7. The van der Waals surface area contributed by atoms with Crippen LogP contribution in [0.2, 0.25) is 0 Å². The second-order valence-electron chi connectivity index (χ2n) is 8.35. The molecule has 1 rings (SSSR count). The first-order valence-electron chi connectivity index (χ1n) is 9.55. The third-order valence-corrected chi connectivity index (χ3v) is 4.09. The fourth-order valence-corrected chi connectivity index (χ4v) is 2.39. The van der Waals surface area contributed by atoms with Crippen LogP contribution < -0.4 is 15.8 Å². The predicted molar refractivity (Wildman–Crippen MR) is 103 cm³/mol. The van der Waals surface area contributed by atoms with Crippen LogP contribution >= 0.6 is 0 Å². The Morgan fingerprint density at radius 2 is 1.65 bits per heavy atom. The minimum atomic E-state index is -1.79. The summed E-state index contributed by atoms with van der Waals surface area (Å²) in [6.45, 7) is 7.28. The van der Waals surface area contributed by atoms with Crippen molar-refractivity contribution in [1.29, 1.82) is 0 Å². The van der Waals surface area contributed by atoms with Crippen LogP contribution in [0.3, 0.4) is 0 Å². The molecule has 0 fully saturated rings. The van der Waals surface area contributed by atoms with E-state index in [1.807, 2.05) is 0 Å². The van der Waals surface area contributed by atoms with E-state index in [9.17, 15) is 32.3 Å². The van der Waals surface area contributed by atoms with Crippen molar-refractivity contribution < 1.29 is 41.7 Å². The molecule has 0 saturated carbocycles. The summed E-state index contributed by atoms with van der Waals surface area (Å²) in [7, 11) is 0. The Balaban J connectivity index is 3.01. The molecule has 1 amide bonds. The van der Waals surface area contributed by atoms with E-state index in [1.54, 1.807) is 34.6 Å². The molecule has 0 aliphatic carbocycles. The molecule has 4 N–H and O–H groups in total. The van der Waals surface area contributed by atoms with Crippen LogP contribution in [0.1, 0.15) is 41.0 Å². The highest BCUT2D eigenvalue weighted by molar-refractivity contribution is 5.82. The Morgan fingerprint density at radius 3 is 2.10 bits per heavy atom. The van der Waals surface area contributed by atoms with Crippen molar-refractivity contribution in [3.05, 3.63) is 29.3 Å². The van der Waals surface area contributed by atoms with Crippen molar-refractivity contribution in [2.75, 3.05) is 6.61 Å². The van der Waals surface area contributed by atoms with Gasteiger partial charge >= 0.3 is 5.97 Å². The van der Waals surface area contributed by atoms with Gasteiger partial charge in [-0.1, -0.05) is 13.8 Å². The fraction of sp³-hybridized carbons (Fsp3) is 0.600. The minimum Gasteiger partial charge on any atom is -0.485 e. The van der Waals surface area contributed by atoms with E-state index in [1.165, 1.54) is 0 Å². The first-order chi connectivity index (χ1) is 14.1. The molecule has 7 nitrogen and oxygen atoms in total. The Morgan fingerprint density at radius 1 is 1.13 bits per heavy atom. The standard InChI is InChI=1S/C20H28F4N2O5/c1-9(2)17(25)19(29)26-12(7-14(28)31-20(3,4)5)13(27)8-30-18-15(23)10(21)6-11(22)16(18)24/h6,9,12-13,17,27H,7-8,25H2,1-5H3,(H,26,29)/t12?,13?,17-/m0/s1. The molecule has 1 aromatic rings. The van der Waals surface area contributed by atoms with Crippen molar-refractivity contribution in [2.45, 2.75) is 64.8 Å². The van der Waals surface area contributed by atoms with Crippen molar-refractivity contribution in [1.82, 2.24) is 5.32 Å². The van der Waals surface area contributed by atoms with Gasteiger partial charge in [0.05, 0.1) is 18.5 Å². The zero-order valence-corrected chi connectivity index (χ0v) is 18.0. The number of hydrogen-bond acceptors (Lipinski definition) is 6. The number of benzene rings is 1. The summed E-state index contributed by atoms with van der Waals surface area (Å²) in [5.74, 6) is -10.1. The number of hydrogen-bond donors (Lipinski definition) is 3. The van der Waals surface area contributed by atoms with Gasteiger partial charge < -0.3 is 25.6 Å². The van der Waals surface area contributed by atoms with Gasteiger partial charge in [0.25, 0.3) is 0 Å². The second-order valence-corrected chi connectivity index (χ2v) is 8.35. The first-order valence-corrected chi connectivity index (χ1v) is 9.55. The van der Waals surface area contributed by atoms with Crippen LogP contribution in [0.5, 0.6) is 5.75 Å². The maximum Gasteiger partial charge on any atom is 0.308 e.